The van der Waals surface area contributed by atoms with Crippen molar-refractivity contribution in [3.05, 3.63) is 0 Å². The molecular formula is C10H19N. The molecule has 0 aromatic carbocycles. The van der Waals surface area contributed by atoms with Crippen LogP contribution in [0, 0.1) is 12.3 Å². The van der Waals surface area contributed by atoms with Gasteiger partial charge in [0.25, 0.3) is 0 Å². The number of nitrogens with zero attached hydrogens (tertiary/aromatic N) is 1. The molecule has 0 saturated heterocycles. The fourth-order valence-corrected chi connectivity index (χ4v) is 1.10. The van der Waals surface area contributed by atoms with Gasteiger partial charge in [0.15, 0.2) is 0 Å². The number of hydrogen-bond acceptors (Lipinski definition) is 1. The maximum atomic E-state index is 5.14. The van der Waals surface area contributed by atoms with Gasteiger partial charge in [-0.05, 0) is 39.4 Å². The zero-order valence-corrected chi connectivity index (χ0v) is 7.77. The average molecular weight is 153 g/mol. The molecule has 0 aliphatic carbocycles. The number of unbranched alkanes of at least 4 members (excludes halogenated alkanes) is 2. The molecule has 0 bridgehead atoms. The maximum absolute atomic E-state index is 5.14. The van der Waals surface area contributed by atoms with Gasteiger partial charge >= 0.3 is 0 Å². The molecule has 0 aromatic rings. The fraction of sp³-hybridized carbons (Fsp3) is 0.800. The van der Waals surface area contributed by atoms with Crippen LogP contribution in [0.25, 0.3) is 0 Å². The number of rotatable bonds is 6. The van der Waals surface area contributed by atoms with Gasteiger partial charge in [0, 0.05) is 6.42 Å². The van der Waals surface area contributed by atoms with Crippen LogP contribution in [-0.2, 0) is 0 Å². The molecule has 0 unspecified atom stereocenters. The lowest BCUT2D eigenvalue weighted by Crippen LogP contribution is -2.20. The first-order chi connectivity index (χ1) is 5.31. The monoisotopic (exact) mass is 153 g/mol. The van der Waals surface area contributed by atoms with Crippen molar-refractivity contribution in [1.82, 2.24) is 4.90 Å². The van der Waals surface area contributed by atoms with Crippen LogP contribution in [-0.4, -0.2) is 25.0 Å². The van der Waals surface area contributed by atoms with E-state index in [-0.39, 0.29) is 0 Å². The van der Waals surface area contributed by atoms with Gasteiger partial charge in [-0.1, -0.05) is 6.92 Å². The van der Waals surface area contributed by atoms with Gasteiger partial charge in [0.1, 0.15) is 0 Å². The molecule has 0 heterocycles. The van der Waals surface area contributed by atoms with Gasteiger partial charge in [-0.2, -0.15) is 0 Å². The Morgan fingerprint density at radius 2 is 2.00 bits per heavy atom. The summed E-state index contributed by atoms with van der Waals surface area (Å²) in [5, 5.41) is 0. The van der Waals surface area contributed by atoms with Crippen LogP contribution in [0.4, 0.5) is 0 Å². The molecule has 0 rings (SSSR count). The zero-order chi connectivity index (χ0) is 8.53. The predicted molar refractivity (Wildman–Crippen MR) is 50.5 cm³/mol. The summed E-state index contributed by atoms with van der Waals surface area (Å²) in [4.78, 5) is 2.36. The van der Waals surface area contributed by atoms with Crippen LogP contribution in [0.2, 0.25) is 0 Å². The molecule has 0 saturated carbocycles. The molecule has 0 radical (unpaired) electrons. The molecule has 0 aromatic heterocycles. The van der Waals surface area contributed by atoms with Crippen LogP contribution in [0.15, 0.2) is 0 Å². The van der Waals surface area contributed by atoms with Gasteiger partial charge in [-0.3, -0.25) is 0 Å². The lowest BCUT2D eigenvalue weighted by Gasteiger charge is -2.14. The summed E-state index contributed by atoms with van der Waals surface area (Å²) in [6, 6.07) is 0. The van der Waals surface area contributed by atoms with Crippen molar-refractivity contribution in [2.75, 3.05) is 20.1 Å². The largest absolute Gasteiger partial charge is 0.306 e. The third-order valence-corrected chi connectivity index (χ3v) is 1.72. The number of hydrogen-bond donors (Lipinski definition) is 0. The van der Waals surface area contributed by atoms with E-state index in [1.54, 1.807) is 0 Å². The fourth-order valence-electron chi connectivity index (χ4n) is 1.10. The highest BCUT2D eigenvalue weighted by atomic mass is 15.1. The van der Waals surface area contributed by atoms with Crippen LogP contribution in [0.5, 0.6) is 0 Å². The molecule has 0 amide bonds. The SMILES string of the molecule is C#CCCCCN(C)CCC. The first-order valence-electron chi connectivity index (χ1n) is 4.43. The second-order valence-corrected chi connectivity index (χ2v) is 2.96. The van der Waals surface area contributed by atoms with E-state index in [0.717, 1.165) is 6.42 Å². The molecule has 64 valence electrons. The minimum Gasteiger partial charge on any atom is -0.306 e. The van der Waals surface area contributed by atoms with Crippen LogP contribution in [0.3, 0.4) is 0 Å². The Hall–Kier alpha value is -0.480. The molecule has 1 heteroatoms. The number of terminal acetylenes is 1. The summed E-state index contributed by atoms with van der Waals surface area (Å²) in [6.45, 7) is 4.60. The quantitative estimate of drug-likeness (QED) is 0.417. The first kappa shape index (κ1) is 10.5. The molecular weight excluding hydrogens is 134 g/mol. The Kier molecular flexibility index (Phi) is 7.29. The van der Waals surface area contributed by atoms with Gasteiger partial charge in [0.05, 0.1) is 0 Å². The van der Waals surface area contributed by atoms with Crippen molar-refractivity contribution in [3.63, 3.8) is 0 Å². The minimum absolute atomic E-state index is 0.931. The highest BCUT2D eigenvalue weighted by Crippen LogP contribution is 1.96. The van der Waals surface area contributed by atoms with E-state index in [1.807, 2.05) is 0 Å². The van der Waals surface area contributed by atoms with Crippen molar-refractivity contribution in [2.24, 2.45) is 0 Å². The molecule has 0 fully saturated rings. The average Bonchev–Trinajstić information content (AvgIpc) is 1.99. The molecule has 0 aliphatic rings. The summed E-state index contributed by atoms with van der Waals surface area (Å²) >= 11 is 0. The van der Waals surface area contributed by atoms with E-state index >= 15 is 0 Å². The van der Waals surface area contributed by atoms with E-state index in [1.165, 1.54) is 32.4 Å². The van der Waals surface area contributed by atoms with Gasteiger partial charge < -0.3 is 4.90 Å². The highest BCUT2D eigenvalue weighted by molar-refractivity contribution is 4.82. The summed E-state index contributed by atoms with van der Waals surface area (Å²) < 4.78 is 0. The predicted octanol–water partition coefficient (Wildman–Crippen LogP) is 2.13. The highest BCUT2D eigenvalue weighted by Gasteiger charge is 1.94. The topological polar surface area (TPSA) is 3.24 Å². The molecule has 0 spiro atoms. The smallest absolute Gasteiger partial charge is 0.00865 e. The maximum Gasteiger partial charge on any atom is 0.00865 e. The summed E-state index contributed by atoms with van der Waals surface area (Å²) in [7, 11) is 2.17. The van der Waals surface area contributed by atoms with Crippen molar-refractivity contribution < 1.29 is 0 Å². The third kappa shape index (κ3) is 7.42. The lowest BCUT2D eigenvalue weighted by atomic mass is 10.2. The second kappa shape index (κ2) is 7.63. The normalized spacial score (nSPS) is 10.0. The van der Waals surface area contributed by atoms with Crippen LogP contribution < -0.4 is 0 Å². The van der Waals surface area contributed by atoms with Crippen LogP contribution >= 0.6 is 0 Å². The van der Waals surface area contributed by atoms with Crippen molar-refractivity contribution in [2.45, 2.75) is 32.6 Å². The Morgan fingerprint density at radius 1 is 1.27 bits per heavy atom. The first-order valence-corrected chi connectivity index (χ1v) is 4.43. The molecule has 0 atom stereocenters. The summed E-state index contributed by atoms with van der Waals surface area (Å²) in [6.07, 6.45) is 9.72. The molecule has 0 N–H and O–H groups in total. The van der Waals surface area contributed by atoms with Crippen molar-refractivity contribution in [3.8, 4) is 12.3 Å². The van der Waals surface area contributed by atoms with Gasteiger partial charge in [-0.15, -0.1) is 12.3 Å². The van der Waals surface area contributed by atoms with Crippen LogP contribution in [0.1, 0.15) is 32.6 Å². The zero-order valence-electron chi connectivity index (χ0n) is 7.77. The summed E-state index contributed by atoms with van der Waals surface area (Å²) in [5.74, 6) is 2.65. The van der Waals surface area contributed by atoms with E-state index in [0.29, 0.717) is 0 Å². The Balaban J connectivity index is 3.05. The van der Waals surface area contributed by atoms with E-state index in [4.69, 9.17) is 6.42 Å². The second-order valence-electron chi connectivity index (χ2n) is 2.96. The van der Waals surface area contributed by atoms with Crippen molar-refractivity contribution in [1.29, 1.82) is 0 Å². The Bertz CT molecular complexity index is 113. The minimum atomic E-state index is 0.931. The van der Waals surface area contributed by atoms with Gasteiger partial charge in [0.2, 0.25) is 0 Å². The standard InChI is InChI=1S/C10H19N/c1-4-6-7-8-10-11(3)9-5-2/h1H,5-10H2,2-3H3. The Morgan fingerprint density at radius 3 is 2.55 bits per heavy atom. The Labute approximate surface area is 70.8 Å². The van der Waals surface area contributed by atoms with Gasteiger partial charge in [-0.25, -0.2) is 0 Å². The lowest BCUT2D eigenvalue weighted by molar-refractivity contribution is 0.327. The third-order valence-electron chi connectivity index (χ3n) is 1.72. The molecule has 11 heavy (non-hydrogen) atoms. The molecule has 1 nitrogen and oxygen atoms in total. The van der Waals surface area contributed by atoms with E-state index in [9.17, 15) is 0 Å². The van der Waals surface area contributed by atoms with E-state index < -0.39 is 0 Å². The molecule has 0 aliphatic heterocycles. The summed E-state index contributed by atoms with van der Waals surface area (Å²) in [5.41, 5.74) is 0. The van der Waals surface area contributed by atoms with E-state index in [2.05, 4.69) is 24.8 Å². The van der Waals surface area contributed by atoms with Crippen molar-refractivity contribution >= 4 is 0 Å².